The number of likely N-dealkylation sites (N-methyl/N-ethyl adjacent to an activating group) is 1. The van der Waals surface area contributed by atoms with Gasteiger partial charge < -0.3 is 19.3 Å². The minimum absolute atomic E-state index is 0.311. The lowest BCUT2D eigenvalue weighted by molar-refractivity contribution is 0.0470. The first-order chi connectivity index (χ1) is 14.0. The van der Waals surface area contributed by atoms with Crippen molar-refractivity contribution < 1.29 is 14.4 Å². The predicted molar refractivity (Wildman–Crippen MR) is 113 cm³/mol. The molecule has 0 unspecified atom stereocenters. The summed E-state index contributed by atoms with van der Waals surface area (Å²) in [5.41, 5.74) is 2.09. The number of aryl methyl sites for hydroxylation is 1. The van der Waals surface area contributed by atoms with E-state index in [4.69, 9.17) is 9.26 Å². The van der Waals surface area contributed by atoms with E-state index in [-0.39, 0.29) is 0 Å². The maximum atomic E-state index is 10.4. The third kappa shape index (κ3) is 7.12. The maximum Gasteiger partial charge on any atom is 0.133 e. The molecule has 0 radical (unpaired) electrons. The monoisotopic (exact) mass is 402 g/mol. The maximum absolute atomic E-state index is 10.4. The number of β-amino-alcohol motifs (C(OH)–C–C–N with tert-alkyl or cyclic N) is 1. The van der Waals surface area contributed by atoms with Crippen molar-refractivity contribution in [2.45, 2.75) is 33.0 Å². The molecule has 1 aromatic heterocycles. The first-order valence-corrected chi connectivity index (χ1v) is 10.5. The van der Waals surface area contributed by atoms with Gasteiger partial charge in [-0.15, -0.1) is 0 Å². The van der Waals surface area contributed by atoms with E-state index in [0.717, 1.165) is 68.6 Å². The molecule has 1 N–H and O–H groups in total. The van der Waals surface area contributed by atoms with Crippen LogP contribution in [0.1, 0.15) is 23.9 Å². The van der Waals surface area contributed by atoms with E-state index in [0.29, 0.717) is 13.2 Å². The first kappa shape index (κ1) is 21.8. The van der Waals surface area contributed by atoms with E-state index in [1.807, 2.05) is 31.2 Å². The van der Waals surface area contributed by atoms with Crippen LogP contribution in [-0.2, 0) is 13.1 Å². The Kier molecular flexibility index (Phi) is 8.06. The molecule has 1 aliphatic heterocycles. The SMILES string of the molecule is CCN1CCN(C[C@H](O)COc2cccc(CN(C)Cc3cc(C)on3)c2)CC1. The van der Waals surface area contributed by atoms with Gasteiger partial charge in [0.25, 0.3) is 0 Å². The minimum Gasteiger partial charge on any atom is -0.491 e. The molecule has 0 saturated carbocycles. The molecule has 0 spiro atoms. The Morgan fingerprint density at radius 3 is 2.62 bits per heavy atom. The third-order valence-corrected chi connectivity index (χ3v) is 5.28. The van der Waals surface area contributed by atoms with Crippen LogP contribution >= 0.6 is 0 Å². The van der Waals surface area contributed by atoms with E-state index >= 15 is 0 Å². The zero-order chi connectivity index (χ0) is 20.6. The summed E-state index contributed by atoms with van der Waals surface area (Å²) in [6, 6.07) is 10.0. The molecule has 160 valence electrons. The van der Waals surface area contributed by atoms with Crippen LogP contribution in [0.3, 0.4) is 0 Å². The highest BCUT2D eigenvalue weighted by atomic mass is 16.5. The summed E-state index contributed by atoms with van der Waals surface area (Å²) in [4.78, 5) is 6.93. The lowest BCUT2D eigenvalue weighted by Crippen LogP contribution is -2.49. The fraction of sp³-hybridized carbons (Fsp3) is 0.591. The molecule has 2 aromatic rings. The summed E-state index contributed by atoms with van der Waals surface area (Å²) in [6.07, 6.45) is -0.482. The Morgan fingerprint density at radius 2 is 1.93 bits per heavy atom. The Balaban J connectivity index is 1.42. The number of nitrogens with zero attached hydrogens (tertiary/aromatic N) is 4. The second kappa shape index (κ2) is 10.7. The second-order valence-corrected chi connectivity index (χ2v) is 7.95. The Hall–Kier alpha value is -1.93. The van der Waals surface area contributed by atoms with Gasteiger partial charge in [0.15, 0.2) is 0 Å². The molecule has 1 saturated heterocycles. The smallest absolute Gasteiger partial charge is 0.133 e. The number of aliphatic hydroxyl groups is 1. The van der Waals surface area contributed by atoms with Crippen molar-refractivity contribution in [1.82, 2.24) is 19.9 Å². The fourth-order valence-corrected chi connectivity index (χ4v) is 3.70. The largest absolute Gasteiger partial charge is 0.491 e. The number of aromatic nitrogens is 1. The van der Waals surface area contributed by atoms with Crippen LogP contribution < -0.4 is 4.74 Å². The van der Waals surface area contributed by atoms with Gasteiger partial charge in [-0.25, -0.2) is 0 Å². The van der Waals surface area contributed by atoms with Gasteiger partial charge in [0.2, 0.25) is 0 Å². The van der Waals surface area contributed by atoms with Crippen molar-refractivity contribution in [3.8, 4) is 5.75 Å². The van der Waals surface area contributed by atoms with Gasteiger partial charge in [-0.1, -0.05) is 24.2 Å². The van der Waals surface area contributed by atoms with Gasteiger partial charge in [-0.05, 0) is 38.2 Å². The molecular weight excluding hydrogens is 368 g/mol. The molecule has 29 heavy (non-hydrogen) atoms. The Bertz CT molecular complexity index is 743. The van der Waals surface area contributed by atoms with Gasteiger partial charge in [0.05, 0.1) is 5.69 Å². The van der Waals surface area contributed by atoms with Crippen molar-refractivity contribution in [3.63, 3.8) is 0 Å². The molecular formula is C22H34N4O3. The normalized spacial score (nSPS) is 17.0. The van der Waals surface area contributed by atoms with E-state index < -0.39 is 6.10 Å². The molecule has 3 rings (SSSR count). The van der Waals surface area contributed by atoms with Gasteiger partial charge in [0.1, 0.15) is 24.2 Å². The topological polar surface area (TPSA) is 65.2 Å². The van der Waals surface area contributed by atoms with Crippen LogP contribution in [0.2, 0.25) is 0 Å². The fourth-order valence-electron chi connectivity index (χ4n) is 3.70. The molecule has 1 aliphatic rings. The molecule has 7 nitrogen and oxygen atoms in total. The lowest BCUT2D eigenvalue weighted by Gasteiger charge is -2.34. The molecule has 7 heteroatoms. The minimum atomic E-state index is -0.482. The first-order valence-electron chi connectivity index (χ1n) is 10.5. The summed E-state index contributed by atoms with van der Waals surface area (Å²) in [7, 11) is 2.06. The average Bonchev–Trinajstić information content (AvgIpc) is 3.11. The molecule has 1 atom stereocenters. The van der Waals surface area contributed by atoms with Crippen LogP contribution in [0, 0.1) is 6.92 Å². The average molecular weight is 403 g/mol. The van der Waals surface area contributed by atoms with E-state index in [9.17, 15) is 5.11 Å². The molecule has 1 fully saturated rings. The zero-order valence-corrected chi connectivity index (χ0v) is 17.9. The van der Waals surface area contributed by atoms with Crippen molar-refractivity contribution in [2.75, 3.05) is 52.9 Å². The van der Waals surface area contributed by atoms with E-state index in [1.165, 1.54) is 0 Å². The van der Waals surface area contributed by atoms with Crippen LogP contribution in [-0.4, -0.2) is 84.0 Å². The summed E-state index contributed by atoms with van der Waals surface area (Å²) in [6.45, 7) is 11.9. The quantitative estimate of drug-likeness (QED) is 0.652. The number of rotatable bonds is 10. The van der Waals surface area contributed by atoms with E-state index in [1.54, 1.807) is 0 Å². The lowest BCUT2D eigenvalue weighted by atomic mass is 10.2. The van der Waals surface area contributed by atoms with Gasteiger partial charge in [-0.3, -0.25) is 9.80 Å². The number of benzene rings is 1. The van der Waals surface area contributed by atoms with E-state index in [2.05, 4.69) is 39.9 Å². The number of hydrogen-bond donors (Lipinski definition) is 1. The summed E-state index contributed by atoms with van der Waals surface area (Å²) >= 11 is 0. The third-order valence-electron chi connectivity index (χ3n) is 5.28. The number of aliphatic hydroxyl groups excluding tert-OH is 1. The van der Waals surface area contributed by atoms with Crippen LogP contribution in [0.4, 0.5) is 0 Å². The molecule has 0 amide bonds. The molecule has 0 bridgehead atoms. The van der Waals surface area contributed by atoms with Gasteiger partial charge in [0, 0.05) is 51.9 Å². The Morgan fingerprint density at radius 1 is 1.17 bits per heavy atom. The van der Waals surface area contributed by atoms with Gasteiger partial charge in [-0.2, -0.15) is 0 Å². The van der Waals surface area contributed by atoms with Crippen molar-refractivity contribution >= 4 is 0 Å². The van der Waals surface area contributed by atoms with Crippen molar-refractivity contribution in [1.29, 1.82) is 0 Å². The molecule has 0 aliphatic carbocycles. The summed E-state index contributed by atoms with van der Waals surface area (Å²) in [5, 5.41) is 14.4. The number of piperazine rings is 1. The zero-order valence-electron chi connectivity index (χ0n) is 17.9. The second-order valence-electron chi connectivity index (χ2n) is 7.95. The van der Waals surface area contributed by atoms with Crippen LogP contribution in [0.5, 0.6) is 5.75 Å². The number of hydrogen-bond acceptors (Lipinski definition) is 7. The van der Waals surface area contributed by atoms with Gasteiger partial charge >= 0.3 is 0 Å². The highest BCUT2D eigenvalue weighted by molar-refractivity contribution is 5.28. The summed E-state index contributed by atoms with van der Waals surface area (Å²) < 4.78 is 11.0. The standard InChI is InChI=1S/C22H34N4O3/c1-4-25-8-10-26(11-9-25)16-21(27)17-28-22-7-5-6-19(13-22)14-24(3)15-20-12-18(2)29-23-20/h5-7,12-13,21,27H,4,8-11,14-17H2,1-3H3/t21-/m0/s1. The van der Waals surface area contributed by atoms with Crippen molar-refractivity contribution in [2.24, 2.45) is 0 Å². The Labute approximate surface area is 173 Å². The number of ether oxygens (including phenoxy) is 1. The highest BCUT2D eigenvalue weighted by Crippen LogP contribution is 2.16. The van der Waals surface area contributed by atoms with Crippen LogP contribution in [0.15, 0.2) is 34.9 Å². The van der Waals surface area contributed by atoms with Crippen LogP contribution in [0.25, 0.3) is 0 Å². The highest BCUT2D eigenvalue weighted by Gasteiger charge is 2.18. The predicted octanol–water partition coefficient (Wildman–Crippen LogP) is 1.99. The summed E-state index contributed by atoms with van der Waals surface area (Å²) in [5.74, 6) is 1.62. The molecule has 1 aromatic carbocycles. The van der Waals surface area contributed by atoms with Crippen molar-refractivity contribution in [3.05, 3.63) is 47.3 Å². The molecule has 2 heterocycles.